The van der Waals surface area contributed by atoms with E-state index in [1.807, 2.05) is 6.92 Å². The van der Waals surface area contributed by atoms with Gasteiger partial charge in [-0.15, -0.1) is 11.3 Å². The monoisotopic (exact) mass is 293 g/mol. The van der Waals surface area contributed by atoms with E-state index >= 15 is 0 Å². The Bertz CT molecular complexity index is 617. The second-order valence-electron chi connectivity index (χ2n) is 5.18. The number of hydrogen-bond acceptors (Lipinski definition) is 5. The van der Waals surface area contributed by atoms with Crippen molar-refractivity contribution in [2.45, 2.75) is 46.6 Å². The van der Waals surface area contributed by atoms with Crippen molar-refractivity contribution in [3.05, 3.63) is 16.3 Å². The lowest BCUT2D eigenvalue weighted by Crippen LogP contribution is -2.26. The van der Waals surface area contributed by atoms with Gasteiger partial charge < -0.3 is 10.1 Å². The molecule has 0 aliphatic carbocycles. The molecule has 0 fully saturated rings. The fourth-order valence-corrected chi connectivity index (χ4v) is 3.20. The highest BCUT2D eigenvalue weighted by atomic mass is 32.1. The van der Waals surface area contributed by atoms with Crippen LogP contribution in [0.3, 0.4) is 0 Å². The molecule has 0 spiro atoms. The summed E-state index contributed by atoms with van der Waals surface area (Å²) in [6, 6.07) is 0. The maximum atomic E-state index is 5.64. The van der Waals surface area contributed by atoms with Gasteiger partial charge in [0.1, 0.15) is 16.2 Å². The number of fused-ring (bicyclic) bond motifs is 1. The van der Waals surface area contributed by atoms with Crippen molar-refractivity contribution in [3.8, 4) is 0 Å². The first-order chi connectivity index (χ1) is 9.46. The van der Waals surface area contributed by atoms with E-state index in [4.69, 9.17) is 14.7 Å². The molecule has 110 valence electrons. The van der Waals surface area contributed by atoms with Crippen molar-refractivity contribution in [1.29, 1.82) is 0 Å². The summed E-state index contributed by atoms with van der Waals surface area (Å²) in [5.74, 6) is 1.68. The van der Waals surface area contributed by atoms with Crippen molar-refractivity contribution in [2.75, 3.05) is 19.0 Å². The van der Waals surface area contributed by atoms with Crippen LogP contribution in [-0.4, -0.2) is 23.6 Å². The summed E-state index contributed by atoms with van der Waals surface area (Å²) < 4.78 is 5.64. The van der Waals surface area contributed by atoms with Gasteiger partial charge in [0.2, 0.25) is 0 Å². The molecule has 2 rings (SSSR count). The first-order valence-corrected chi connectivity index (χ1v) is 7.85. The van der Waals surface area contributed by atoms with Gasteiger partial charge in [0.15, 0.2) is 5.82 Å². The number of ether oxygens (including phenoxy) is 1. The Labute approximate surface area is 124 Å². The third-order valence-corrected chi connectivity index (χ3v) is 5.07. The van der Waals surface area contributed by atoms with Crippen LogP contribution in [0.15, 0.2) is 0 Å². The summed E-state index contributed by atoms with van der Waals surface area (Å²) in [4.78, 5) is 11.8. The van der Waals surface area contributed by atoms with Crippen LogP contribution in [0.25, 0.3) is 10.2 Å². The number of aryl methyl sites for hydroxylation is 2. The normalized spacial score (nSPS) is 14.5. The van der Waals surface area contributed by atoms with Crippen LogP contribution in [0.2, 0.25) is 0 Å². The predicted octanol–water partition coefficient (Wildman–Crippen LogP) is 4.01. The molecule has 1 unspecified atom stereocenters. The van der Waals surface area contributed by atoms with Crippen molar-refractivity contribution >= 4 is 27.4 Å². The second kappa shape index (κ2) is 5.66. The van der Waals surface area contributed by atoms with Gasteiger partial charge in [-0.25, -0.2) is 9.97 Å². The van der Waals surface area contributed by atoms with Gasteiger partial charge in [0.25, 0.3) is 0 Å². The second-order valence-corrected chi connectivity index (χ2v) is 6.38. The zero-order valence-electron chi connectivity index (χ0n) is 13.1. The molecule has 0 saturated carbocycles. The molecular weight excluding hydrogens is 270 g/mol. The highest BCUT2D eigenvalue weighted by Gasteiger charge is 2.29. The molecule has 2 aromatic rings. The number of thiophene rings is 1. The van der Waals surface area contributed by atoms with Crippen LogP contribution in [0.5, 0.6) is 0 Å². The van der Waals surface area contributed by atoms with Gasteiger partial charge >= 0.3 is 0 Å². The molecule has 0 aromatic carbocycles. The third kappa shape index (κ3) is 2.40. The molecule has 5 heteroatoms. The van der Waals surface area contributed by atoms with Crippen molar-refractivity contribution < 1.29 is 4.74 Å². The lowest BCUT2D eigenvalue weighted by atomic mass is 10.0. The Hall–Kier alpha value is -1.20. The van der Waals surface area contributed by atoms with Gasteiger partial charge in [0, 0.05) is 18.5 Å². The maximum Gasteiger partial charge on any atom is 0.163 e. The van der Waals surface area contributed by atoms with Crippen LogP contribution in [0.1, 0.15) is 43.5 Å². The number of hydrogen-bond donors (Lipinski definition) is 1. The zero-order valence-corrected chi connectivity index (χ0v) is 13.9. The van der Waals surface area contributed by atoms with Crippen molar-refractivity contribution in [1.82, 2.24) is 9.97 Å². The SMILES string of the molecule is CCNc1nc(C(C)(CC)OC)nc2sc(C)c(C)c12. The topological polar surface area (TPSA) is 47.0 Å². The maximum absolute atomic E-state index is 5.64. The number of aromatic nitrogens is 2. The van der Waals surface area contributed by atoms with Gasteiger partial charge in [-0.2, -0.15) is 0 Å². The average Bonchev–Trinajstić information content (AvgIpc) is 2.73. The van der Waals surface area contributed by atoms with Gasteiger partial charge in [0.05, 0.1) is 5.39 Å². The first kappa shape index (κ1) is 15.2. The molecular formula is C15H23N3OS. The van der Waals surface area contributed by atoms with Crippen LogP contribution in [0, 0.1) is 13.8 Å². The Kier molecular flexibility index (Phi) is 4.30. The molecule has 0 aliphatic heterocycles. The summed E-state index contributed by atoms with van der Waals surface area (Å²) in [5, 5.41) is 4.51. The molecule has 0 bridgehead atoms. The van der Waals surface area contributed by atoms with E-state index < -0.39 is 5.60 Å². The molecule has 1 atom stereocenters. The highest BCUT2D eigenvalue weighted by Crippen LogP contribution is 2.36. The standard InChI is InChI=1S/C15H23N3OS/c1-7-15(5,19-6)14-17-12(16-8-2)11-9(3)10(4)20-13(11)18-14/h7-8H2,1-6H3,(H,16,17,18). The summed E-state index contributed by atoms with van der Waals surface area (Å²) in [6.07, 6.45) is 0.837. The number of rotatable bonds is 5. The Morgan fingerprint density at radius 2 is 1.95 bits per heavy atom. The van der Waals surface area contributed by atoms with Crippen LogP contribution >= 0.6 is 11.3 Å². The quantitative estimate of drug-likeness (QED) is 0.904. The number of anilines is 1. The van der Waals surface area contributed by atoms with E-state index in [1.54, 1.807) is 18.4 Å². The first-order valence-electron chi connectivity index (χ1n) is 7.04. The summed E-state index contributed by atoms with van der Waals surface area (Å²) in [7, 11) is 1.72. The molecule has 4 nitrogen and oxygen atoms in total. The lowest BCUT2D eigenvalue weighted by Gasteiger charge is -2.25. The van der Waals surface area contributed by atoms with E-state index in [2.05, 4.69) is 33.0 Å². The zero-order chi connectivity index (χ0) is 14.9. The van der Waals surface area contributed by atoms with Crippen LogP contribution in [-0.2, 0) is 10.3 Å². The molecule has 1 N–H and O–H groups in total. The molecule has 20 heavy (non-hydrogen) atoms. The molecule has 0 saturated heterocycles. The summed E-state index contributed by atoms with van der Waals surface area (Å²) >= 11 is 1.72. The highest BCUT2D eigenvalue weighted by molar-refractivity contribution is 7.18. The van der Waals surface area contributed by atoms with E-state index in [0.717, 1.165) is 34.8 Å². The van der Waals surface area contributed by atoms with E-state index in [1.165, 1.54) is 10.4 Å². The summed E-state index contributed by atoms with van der Waals surface area (Å²) in [5.41, 5.74) is 0.826. The third-order valence-electron chi connectivity index (χ3n) is 3.97. The Morgan fingerprint density at radius 1 is 1.25 bits per heavy atom. The van der Waals surface area contributed by atoms with Crippen LogP contribution in [0.4, 0.5) is 5.82 Å². The van der Waals surface area contributed by atoms with Gasteiger partial charge in [-0.1, -0.05) is 6.92 Å². The molecule has 2 aromatic heterocycles. The summed E-state index contributed by atoms with van der Waals surface area (Å²) in [6.45, 7) is 11.3. The lowest BCUT2D eigenvalue weighted by molar-refractivity contribution is -0.00855. The Balaban J connectivity index is 2.71. The van der Waals surface area contributed by atoms with Crippen molar-refractivity contribution in [3.63, 3.8) is 0 Å². The molecule has 2 heterocycles. The minimum absolute atomic E-state index is 0.440. The molecule has 0 amide bonds. The van der Waals surface area contributed by atoms with Crippen LogP contribution < -0.4 is 5.32 Å². The average molecular weight is 293 g/mol. The number of nitrogens with zero attached hydrogens (tertiary/aromatic N) is 2. The smallest absolute Gasteiger partial charge is 0.163 e. The molecule has 0 aliphatic rings. The number of methoxy groups -OCH3 is 1. The van der Waals surface area contributed by atoms with Gasteiger partial charge in [-0.3, -0.25) is 0 Å². The fraction of sp³-hybridized carbons (Fsp3) is 0.600. The Morgan fingerprint density at radius 3 is 2.50 bits per heavy atom. The van der Waals surface area contributed by atoms with Gasteiger partial charge in [-0.05, 0) is 39.7 Å². The fourth-order valence-electron chi connectivity index (χ4n) is 2.18. The number of nitrogens with one attached hydrogen (secondary N) is 1. The predicted molar refractivity (Wildman–Crippen MR) is 85.7 cm³/mol. The largest absolute Gasteiger partial charge is 0.371 e. The molecule has 0 radical (unpaired) electrons. The minimum atomic E-state index is -0.440. The van der Waals surface area contributed by atoms with E-state index in [9.17, 15) is 0 Å². The van der Waals surface area contributed by atoms with E-state index in [-0.39, 0.29) is 0 Å². The van der Waals surface area contributed by atoms with Crippen molar-refractivity contribution in [2.24, 2.45) is 0 Å². The minimum Gasteiger partial charge on any atom is -0.371 e. The van der Waals surface area contributed by atoms with E-state index in [0.29, 0.717) is 0 Å².